The lowest BCUT2D eigenvalue weighted by Crippen LogP contribution is -2.44. The molecule has 1 aromatic rings. The van der Waals surface area contributed by atoms with E-state index in [1.165, 1.54) is 25.3 Å². The van der Waals surface area contributed by atoms with E-state index in [2.05, 4.69) is 0 Å². The van der Waals surface area contributed by atoms with Crippen molar-refractivity contribution in [1.29, 1.82) is 0 Å². The number of non-ortho nitro benzene ring substituents is 1. The fourth-order valence-electron chi connectivity index (χ4n) is 2.79. The largest absolute Gasteiger partial charge is 0.493 e. The van der Waals surface area contributed by atoms with Crippen LogP contribution in [0.3, 0.4) is 0 Å². The number of carbonyl (C=O) groups is 1. The molecule has 144 valence electrons. The Labute approximate surface area is 153 Å². The summed E-state index contributed by atoms with van der Waals surface area (Å²) in [5, 5.41) is 10.9. The average Bonchev–Trinajstić information content (AvgIpc) is 2.58. The Morgan fingerprint density at radius 2 is 2.08 bits per heavy atom. The summed E-state index contributed by atoms with van der Waals surface area (Å²) in [4.78, 5) is 24.4. The van der Waals surface area contributed by atoms with Crippen molar-refractivity contribution in [3.8, 4) is 11.5 Å². The fourth-order valence-corrected chi connectivity index (χ4v) is 2.79. The van der Waals surface area contributed by atoms with Gasteiger partial charge in [0.05, 0.1) is 24.7 Å². The van der Waals surface area contributed by atoms with Gasteiger partial charge in [-0.25, -0.2) is 4.79 Å². The van der Waals surface area contributed by atoms with Crippen LogP contribution in [0.5, 0.6) is 11.5 Å². The number of benzene rings is 1. The molecule has 0 N–H and O–H groups in total. The number of amides is 1. The van der Waals surface area contributed by atoms with Gasteiger partial charge >= 0.3 is 6.09 Å². The van der Waals surface area contributed by atoms with E-state index in [1.807, 2.05) is 20.8 Å². The van der Waals surface area contributed by atoms with Crippen LogP contribution < -0.4 is 9.47 Å². The van der Waals surface area contributed by atoms with Gasteiger partial charge in [-0.3, -0.25) is 10.1 Å². The lowest BCUT2D eigenvalue weighted by atomic mass is 9.99. The SMILES string of the molecule is COc1ccc([N+](=O)[O-])cc1OCC1CCCN(C(=O)OC(C)(C)C)C1. The maximum atomic E-state index is 12.2. The minimum atomic E-state index is -0.531. The van der Waals surface area contributed by atoms with Gasteiger partial charge in [-0.1, -0.05) is 0 Å². The van der Waals surface area contributed by atoms with Crippen LogP contribution in [0.2, 0.25) is 0 Å². The Hall–Kier alpha value is -2.51. The zero-order valence-corrected chi connectivity index (χ0v) is 15.7. The molecule has 0 radical (unpaired) electrons. The summed E-state index contributed by atoms with van der Waals surface area (Å²) in [5.74, 6) is 0.895. The smallest absolute Gasteiger partial charge is 0.410 e. The van der Waals surface area contributed by atoms with Crippen molar-refractivity contribution < 1.29 is 23.9 Å². The summed E-state index contributed by atoms with van der Waals surface area (Å²) in [7, 11) is 1.48. The monoisotopic (exact) mass is 366 g/mol. The van der Waals surface area contributed by atoms with Gasteiger partial charge in [0.15, 0.2) is 11.5 Å². The van der Waals surface area contributed by atoms with Gasteiger partial charge < -0.3 is 19.1 Å². The summed E-state index contributed by atoms with van der Waals surface area (Å²) >= 11 is 0. The standard InChI is InChI=1S/C18H26N2O6/c1-18(2,3)26-17(21)19-9-5-6-13(11-19)12-25-16-10-14(20(22)23)7-8-15(16)24-4/h7-8,10,13H,5-6,9,11-12H2,1-4H3. The molecule has 1 amide bonds. The van der Waals surface area contributed by atoms with E-state index >= 15 is 0 Å². The molecule has 0 aromatic heterocycles. The molecule has 26 heavy (non-hydrogen) atoms. The molecule has 1 atom stereocenters. The summed E-state index contributed by atoms with van der Waals surface area (Å²) in [6.45, 7) is 7.05. The van der Waals surface area contributed by atoms with Crippen LogP contribution in [0.4, 0.5) is 10.5 Å². The van der Waals surface area contributed by atoms with Crippen molar-refractivity contribution in [2.45, 2.75) is 39.2 Å². The zero-order valence-electron chi connectivity index (χ0n) is 15.7. The number of nitrogens with zero attached hydrogens (tertiary/aromatic N) is 2. The van der Waals surface area contributed by atoms with Crippen LogP contribution in [-0.4, -0.2) is 48.3 Å². The van der Waals surface area contributed by atoms with Gasteiger partial charge in [0.25, 0.3) is 5.69 Å². The van der Waals surface area contributed by atoms with E-state index in [1.54, 1.807) is 4.90 Å². The molecule has 8 nitrogen and oxygen atoms in total. The number of methoxy groups -OCH3 is 1. The Morgan fingerprint density at radius 3 is 2.69 bits per heavy atom. The Bertz CT molecular complexity index is 656. The maximum Gasteiger partial charge on any atom is 0.410 e. The van der Waals surface area contributed by atoms with Gasteiger partial charge in [-0.2, -0.15) is 0 Å². The Balaban J connectivity index is 1.98. The number of nitro groups is 1. The lowest BCUT2D eigenvalue weighted by molar-refractivity contribution is -0.385. The predicted molar refractivity (Wildman–Crippen MR) is 95.7 cm³/mol. The van der Waals surface area contributed by atoms with Gasteiger partial charge in [0, 0.05) is 25.1 Å². The number of likely N-dealkylation sites (tertiary alicyclic amines) is 1. The highest BCUT2D eigenvalue weighted by Gasteiger charge is 2.28. The molecular weight excluding hydrogens is 340 g/mol. The second kappa shape index (κ2) is 8.25. The van der Waals surface area contributed by atoms with Crippen molar-refractivity contribution in [2.75, 3.05) is 26.8 Å². The highest BCUT2D eigenvalue weighted by Crippen LogP contribution is 2.32. The Morgan fingerprint density at radius 1 is 1.35 bits per heavy atom. The van der Waals surface area contributed by atoms with E-state index in [9.17, 15) is 14.9 Å². The molecule has 1 aromatic carbocycles. The van der Waals surface area contributed by atoms with Crippen LogP contribution >= 0.6 is 0 Å². The molecule has 1 heterocycles. The fraction of sp³-hybridized carbons (Fsp3) is 0.611. The molecule has 2 rings (SSSR count). The van der Waals surface area contributed by atoms with Crippen molar-refractivity contribution in [2.24, 2.45) is 5.92 Å². The Kier molecular flexibility index (Phi) is 6.28. The van der Waals surface area contributed by atoms with Crippen LogP contribution in [0.1, 0.15) is 33.6 Å². The molecule has 1 unspecified atom stereocenters. The number of hydrogen-bond donors (Lipinski definition) is 0. The first-order valence-corrected chi connectivity index (χ1v) is 8.63. The highest BCUT2D eigenvalue weighted by molar-refractivity contribution is 5.68. The molecule has 8 heteroatoms. The first-order chi connectivity index (χ1) is 12.2. The lowest BCUT2D eigenvalue weighted by Gasteiger charge is -2.34. The van der Waals surface area contributed by atoms with E-state index in [4.69, 9.17) is 14.2 Å². The summed E-state index contributed by atoms with van der Waals surface area (Å²) in [6, 6.07) is 4.24. The summed E-state index contributed by atoms with van der Waals surface area (Å²) < 4.78 is 16.4. The molecule has 0 saturated carbocycles. The molecule has 1 aliphatic heterocycles. The van der Waals surface area contributed by atoms with Crippen molar-refractivity contribution in [1.82, 2.24) is 4.90 Å². The number of piperidine rings is 1. The van der Waals surface area contributed by atoms with Gasteiger partial charge in [-0.15, -0.1) is 0 Å². The maximum absolute atomic E-state index is 12.2. The van der Waals surface area contributed by atoms with Gasteiger partial charge in [0.2, 0.25) is 0 Å². The minimum absolute atomic E-state index is 0.0557. The van der Waals surface area contributed by atoms with Crippen LogP contribution in [0.25, 0.3) is 0 Å². The third-order valence-corrected chi connectivity index (χ3v) is 4.00. The number of ether oxygens (including phenoxy) is 3. The molecule has 1 fully saturated rings. The van der Waals surface area contributed by atoms with E-state index in [-0.39, 0.29) is 17.7 Å². The van der Waals surface area contributed by atoms with E-state index in [0.717, 1.165) is 12.8 Å². The van der Waals surface area contributed by atoms with E-state index < -0.39 is 10.5 Å². The second-order valence-electron chi connectivity index (χ2n) is 7.34. The highest BCUT2D eigenvalue weighted by atomic mass is 16.6. The van der Waals surface area contributed by atoms with Crippen molar-refractivity contribution >= 4 is 11.8 Å². The van der Waals surface area contributed by atoms with E-state index in [0.29, 0.717) is 31.2 Å². The molecule has 0 spiro atoms. The topological polar surface area (TPSA) is 91.1 Å². The minimum Gasteiger partial charge on any atom is -0.493 e. The van der Waals surface area contributed by atoms with Gasteiger partial charge in [-0.05, 0) is 39.7 Å². The molecular formula is C18H26N2O6. The molecule has 0 bridgehead atoms. The number of nitro benzene ring substituents is 1. The van der Waals surface area contributed by atoms with Crippen LogP contribution in [0.15, 0.2) is 18.2 Å². The third-order valence-electron chi connectivity index (χ3n) is 4.00. The zero-order chi connectivity index (χ0) is 19.3. The molecule has 1 saturated heterocycles. The van der Waals surface area contributed by atoms with Crippen molar-refractivity contribution in [3.05, 3.63) is 28.3 Å². The third kappa shape index (κ3) is 5.50. The number of hydrogen-bond acceptors (Lipinski definition) is 6. The van der Waals surface area contributed by atoms with Crippen molar-refractivity contribution in [3.63, 3.8) is 0 Å². The van der Waals surface area contributed by atoms with Crippen LogP contribution in [-0.2, 0) is 4.74 Å². The average molecular weight is 366 g/mol. The quantitative estimate of drug-likeness (QED) is 0.584. The predicted octanol–water partition coefficient (Wildman–Crippen LogP) is 3.63. The summed E-state index contributed by atoms with van der Waals surface area (Å²) in [6.07, 6.45) is 1.45. The first kappa shape index (κ1) is 19.8. The van der Waals surface area contributed by atoms with Crippen LogP contribution in [0, 0.1) is 16.0 Å². The number of rotatable bonds is 5. The first-order valence-electron chi connectivity index (χ1n) is 8.63. The van der Waals surface area contributed by atoms with Gasteiger partial charge in [0.1, 0.15) is 5.60 Å². The normalized spacial score (nSPS) is 17.5. The second-order valence-corrected chi connectivity index (χ2v) is 7.34. The molecule has 1 aliphatic rings. The number of carbonyl (C=O) groups excluding carboxylic acids is 1. The summed E-state index contributed by atoms with van der Waals surface area (Å²) in [5.41, 5.74) is -0.587. The molecule has 0 aliphatic carbocycles.